The predicted molar refractivity (Wildman–Crippen MR) is 68.2 cm³/mol. The summed E-state index contributed by atoms with van der Waals surface area (Å²) in [6, 6.07) is 2.69. The maximum Gasteiger partial charge on any atom is 0.372 e. The first-order chi connectivity index (χ1) is 8.81. The Hall–Kier alpha value is -1.62. The maximum absolute atomic E-state index is 13.8. The van der Waals surface area contributed by atoms with Gasteiger partial charge in [0, 0.05) is 5.56 Å². The van der Waals surface area contributed by atoms with Gasteiger partial charge in [0.25, 0.3) is 0 Å². The first kappa shape index (κ1) is 15.4. The first-order valence-corrected chi connectivity index (χ1v) is 5.98. The monoisotopic (exact) mass is 288 g/mol. The maximum atomic E-state index is 13.8. The summed E-state index contributed by atoms with van der Waals surface area (Å²) < 4.78 is 18.7. The second kappa shape index (κ2) is 6.02. The molecule has 104 valence electrons. The lowest BCUT2D eigenvalue weighted by Crippen LogP contribution is -2.26. The van der Waals surface area contributed by atoms with Crippen LogP contribution in [0.15, 0.2) is 12.1 Å². The van der Waals surface area contributed by atoms with Gasteiger partial charge in [0.2, 0.25) is 5.78 Å². The van der Waals surface area contributed by atoms with Crippen molar-refractivity contribution in [2.24, 2.45) is 5.92 Å². The summed E-state index contributed by atoms with van der Waals surface area (Å²) in [5, 5.41) is 8.69. The van der Waals surface area contributed by atoms with E-state index in [4.69, 9.17) is 21.4 Å². The zero-order valence-corrected chi connectivity index (χ0v) is 11.5. The van der Waals surface area contributed by atoms with E-state index in [0.717, 1.165) is 0 Å². The van der Waals surface area contributed by atoms with Crippen LogP contribution in [0.4, 0.5) is 4.39 Å². The number of carboxylic acids is 1. The number of aliphatic carboxylic acids is 1. The number of hydrogen-bond acceptors (Lipinski definition) is 3. The second-order valence-electron chi connectivity index (χ2n) is 4.37. The van der Waals surface area contributed by atoms with Crippen LogP contribution >= 0.6 is 11.6 Å². The Balaban J connectivity index is 3.43. The number of ether oxygens (including phenoxy) is 1. The Morgan fingerprint density at radius 2 is 1.95 bits per heavy atom. The molecule has 1 rings (SSSR count). The number of carboxylic acid groups (broad SMARTS) is 1. The van der Waals surface area contributed by atoms with Crippen molar-refractivity contribution in [1.29, 1.82) is 0 Å². The lowest BCUT2D eigenvalue weighted by molar-refractivity contribution is -0.150. The average molecular weight is 289 g/mol. The van der Waals surface area contributed by atoms with Gasteiger partial charge in [0.15, 0.2) is 11.6 Å². The molecule has 0 saturated carbocycles. The molecule has 1 N–H and O–H groups in total. The highest BCUT2D eigenvalue weighted by atomic mass is 35.5. The molecule has 0 bridgehead atoms. The molecule has 1 unspecified atom stereocenters. The van der Waals surface area contributed by atoms with Crippen molar-refractivity contribution in [3.05, 3.63) is 28.5 Å². The van der Waals surface area contributed by atoms with Gasteiger partial charge in [-0.3, -0.25) is 4.79 Å². The Morgan fingerprint density at radius 3 is 2.37 bits per heavy atom. The van der Waals surface area contributed by atoms with Gasteiger partial charge in [0.05, 0.1) is 18.1 Å². The Kier molecular flexibility index (Phi) is 4.89. The number of benzene rings is 1. The number of methoxy groups -OCH3 is 1. The van der Waals surface area contributed by atoms with E-state index in [1.54, 1.807) is 13.8 Å². The zero-order chi connectivity index (χ0) is 14.7. The van der Waals surface area contributed by atoms with Crippen LogP contribution in [0.2, 0.25) is 5.02 Å². The third-order valence-electron chi connectivity index (χ3n) is 2.78. The fourth-order valence-corrected chi connectivity index (χ4v) is 2.08. The topological polar surface area (TPSA) is 63.6 Å². The van der Waals surface area contributed by atoms with Crippen LogP contribution in [-0.4, -0.2) is 24.0 Å². The van der Waals surface area contributed by atoms with Gasteiger partial charge < -0.3 is 9.84 Å². The number of hydrogen-bond donors (Lipinski definition) is 1. The van der Waals surface area contributed by atoms with Crippen molar-refractivity contribution in [1.82, 2.24) is 0 Å². The molecular formula is C13H14ClFO4. The van der Waals surface area contributed by atoms with Crippen LogP contribution in [0, 0.1) is 11.7 Å². The lowest BCUT2D eigenvalue weighted by atomic mass is 9.84. The van der Waals surface area contributed by atoms with E-state index in [1.165, 1.54) is 19.2 Å². The molecular weight excluding hydrogens is 275 g/mol. The third-order valence-corrected chi connectivity index (χ3v) is 3.07. The Labute approximate surface area is 115 Å². The van der Waals surface area contributed by atoms with Crippen LogP contribution < -0.4 is 4.74 Å². The molecule has 0 heterocycles. The van der Waals surface area contributed by atoms with Crippen LogP contribution in [0.1, 0.15) is 25.3 Å². The molecule has 0 radical (unpaired) electrons. The van der Waals surface area contributed by atoms with E-state index in [2.05, 4.69) is 0 Å². The number of carbonyl (C=O) groups excluding carboxylic acids is 1. The van der Waals surface area contributed by atoms with E-state index in [9.17, 15) is 14.0 Å². The summed E-state index contributed by atoms with van der Waals surface area (Å²) in [6.07, 6.45) is 0. The van der Waals surface area contributed by atoms with E-state index in [1.807, 2.05) is 0 Å². The molecule has 1 aromatic carbocycles. The van der Waals surface area contributed by atoms with E-state index < -0.39 is 23.5 Å². The van der Waals surface area contributed by atoms with Crippen molar-refractivity contribution < 1.29 is 23.8 Å². The molecule has 0 aliphatic carbocycles. The standard InChI is InChI=1S/C13H14ClFO4/c1-6(2)9(11(16)13(17)18)7-4-5-8(14)10(15)12(7)19-3/h4-6,9H,1-3H3,(H,17,18). The largest absolute Gasteiger partial charge is 0.493 e. The quantitative estimate of drug-likeness (QED) is 0.846. The number of Topliss-reactive ketones (excluding diaryl/α,β-unsaturated/α-hetero) is 1. The SMILES string of the molecule is COc1c(C(C(=O)C(=O)O)C(C)C)ccc(Cl)c1F. The minimum absolute atomic E-state index is 0.147. The fourth-order valence-electron chi connectivity index (χ4n) is 1.94. The highest BCUT2D eigenvalue weighted by Gasteiger charge is 2.33. The molecule has 0 saturated heterocycles. The summed E-state index contributed by atoms with van der Waals surface area (Å²) in [5.74, 6) is -4.87. The molecule has 6 heteroatoms. The molecule has 0 aliphatic heterocycles. The zero-order valence-electron chi connectivity index (χ0n) is 10.7. The summed E-state index contributed by atoms with van der Waals surface area (Å²) in [7, 11) is 1.24. The minimum Gasteiger partial charge on any atom is -0.493 e. The van der Waals surface area contributed by atoms with E-state index in [-0.39, 0.29) is 22.3 Å². The molecule has 19 heavy (non-hydrogen) atoms. The molecule has 0 aromatic heterocycles. The second-order valence-corrected chi connectivity index (χ2v) is 4.78. The van der Waals surface area contributed by atoms with Crippen molar-refractivity contribution in [3.63, 3.8) is 0 Å². The fraction of sp³-hybridized carbons (Fsp3) is 0.385. The molecule has 0 fully saturated rings. The van der Waals surface area contributed by atoms with Crippen molar-refractivity contribution in [2.45, 2.75) is 19.8 Å². The highest BCUT2D eigenvalue weighted by molar-refractivity contribution is 6.35. The highest BCUT2D eigenvalue weighted by Crippen LogP contribution is 2.37. The van der Waals surface area contributed by atoms with Gasteiger partial charge >= 0.3 is 5.97 Å². The number of halogens is 2. The third kappa shape index (κ3) is 3.04. The van der Waals surface area contributed by atoms with Gasteiger partial charge in [0.1, 0.15) is 0 Å². The van der Waals surface area contributed by atoms with Crippen molar-refractivity contribution in [2.75, 3.05) is 7.11 Å². The summed E-state index contributed by atoms with van der Waals surface area (Å²) in [6.45, 7) is 3.36. The number of carbonyl (C=O) groups is 2. The van der Waals surface area contributed by atoms with Crippen molar-refractivity contribution in [3.8, 4) is 5.75 Å². The van der Waals surface area contributed by atoms with E-state index >= 15 is 0 Å². The van der Waals surface area contributed by atoms with E-state index in [0.29, 0.717) is 0 Å². The summed E-state index contributed by atoms with van der Waals surface area (Å²) >= 11 is 5.63. The minimum atomic E-state index is -1.56. The predicted octanol–water partition coefficient (Wildman–Crippen LogP) is 2.88. The van der Waals surface area contributed by atoms with Crippen LogP contribution in [0.3, 0.4) is 0 Å². The number of ketones is 1. The van der Waals surface area contributed by atoms with Crippen LogP contribution in [-0.2, 0) is 9.59 Å². The number of rotatable bonds is 5. The van der Waals surface area contributed by atoms with Gasteiger partial charge in [-0.1, -0.05) is 31.5 Å². The van der Waals surface area contributed by atoms with Gasteiger partial charge in [-0.05, 0) is 12.0 Å². The first-order valence-electron chi connectivity index (χ1n) is 5.60. The Morgan fingerprint density at radius 1 is 1.37 bits per heavy atom. The molecule has 0 spiro atoms. The summed E-state index contributed by atoms with van der Waals surface area (Å²) in [4.78, 5) is 22.6. The molecule has 1 aromatic rings. The normalized spacial score (nSPS) is 12.3. The molecule has 0 aliphatic rings. The smallest absolute Gasteiger partial charge is 0.372 e. The molecule has 1 atom stereocenters. The summed E-state index contributed by atoms with van der Waals surface area (Å²) in [5.41, 5.74) is 0.187. The Bertz CT molecular complexity index is 514. The van der Waals surface area contributed by atoms with Crippen molar-refractivity contribution >= 4 is 23.4 Å². The molecule has 0 amide bonds. The lowest BCUT2D eigenvalue weighted by Gasteiger charge is -2.21. The van der Waals surface area contributed by atoms with Gasteiger partial charge in [-0.25, -0.2) is 9.18 Å². The van der Waals surface area contributed by atoms with Crippen LogP contribution in [0.25, 0.3) is 0 Å². The van der Waals surface area contributed by atoms with Crippen LogP contribution in [0.5, 0.6) is 5.75 Å². The average Bonchev–Trinajstić information content (AvgIpc) is 2.33. The van der Waals surface area contributed by atoms with Gasteiger partial charge in [-0.2, -0.15) is 0 Å². The van der Waals surface area contributed by atoms with Gasteiger partial charge in [-0.15, -0.1) is 0 Å². The molecule has 4 nitrogen and oxygen atoms in total.